The van der Waals surface area contributed by atoms with Crippen LogP contribution in [0.15, 0.2) is 0 Å². The summed E-state index contributed by atoms with van der Waals surface area (Å²) in [6.45, 7) is 1.24. The quantitative estimate of drug-likeness (QED) is 0.589. The summed E-state index contributed by atoms with van der Waals surface area (Å²) < 4.78 is 5.01. The highest BCUT2D eigenvalue weighted by Crippen LogP contribution is 2.20. The number of hydrogen-bond acceptors (Lipinski definition) is 4. The summed E-state index contributed by atoms with van der Waals surface area (Å²) in [4.78, 5) is 0. The molecule has 1 fully saturated rings. The van der Waals surface area contributed by atoms with Crippen LogP contribution in [-0.2, 0) is 4.74 Å². The van der Waals surface area contributed by atoms with Crippen LogP contribution in [0.5, 0.6) is 0 Å². The molecule has 0 bridgehead atoms. The molecule has 2 N–H and O–H groups in total. The summed E-state index contributed by atoms with van der Waals surface area (Å²) in [5.41, 5.74) is 0. The molecule has 0 amide bonds. The Morgan fingerprint density at radius 3 is 2.80 bits per heavy atom. The van der Waals surface area contributed by atoms with Gasteiger partial charge in [0.1, 0.15) is 0 Å². The minimum Gasteiger partial charge on any atom is -0.396 e. The summed E-state index contributed by atoms with van der Waals surface area (Å²) in [6.07, 6.45) is -0.337. The summed E-state index contributed by atoms with van der Waals surface area (Å²) in [6, 6.07) is 0. The number of hydrogen-bond donors (Lipinski definition) is 2. The highest BCUT2D eigenvalue weighted by Gasteiger charge is 2.25. The summed E-state index contributed by atoms with van der Waals surface area (Å²) >= 11 is 1.57. The number of rotatable bonds is 3. The van der Waals surface area contributed by atoms with Crippen LogP contribution in [0.2, 0.25) is 0 Å². The van der Waals surface area contributed by atoms with Crippen molar-refractivity contribution in [2.75, 3.05) is 25.6 Å². The molecule has 1 heterocycles. The molecule has 0 unspecified atom stereocenters. The molecule has 4 heteroatoms. The topological polar surface area (TPSA) is 49.7 Å². The third-order valence-electron chi connectivity index (χ3n) is 1.42. The molecule has 0 aliphatic carbocycles. The van der Waals surface area contributed by atoms with E-state index in [9.17, 15) is 5.11 Å². The molecule has 0 spiro atoms. The van der Waals surface area contributed by atoms with Crippen LogP contribution < -0.4 is 0 Å². The summed E-state index contributed by atoms with van der Waals surface area (Å²) in [5, 5.41) is 17.8. The van der Waals surface area contributed by atoms with Crippen molar-refractivity contribution in [1.82, 2.24) is 0 Å². The molecule has 10 heavy (non-hydrogen) atoms. The Balaban J connectivity index is 2.14. The minimum absolute atomic E-state index is 0.173. The van der Waals surface area contributed by atoms with Gasteiger partial charge in [0.25, 0.3) is 0 Å². The molecule has 1 aliphatic heterocycles. The Bertz CT molecular complexity index is 99.0. The summed E-state index contributed by atoms with van der Waals surface area (Å²) in [7, 11) is 0. The van der Waals surface area contributed by atoms with Gasteiger partial charge in [-0.05, 0) is 0 Å². The van der Waals surface area contributed by atoms with Gasteiger partial charge in [0, 0.05) is 5.75 Å². The highest BCUT2D eigenvalue weighted by molar-refractivity contribution is 8.00. The van der Waals surface area contributed by atoms with Crippen LogP contribution in [0.1, 0.15) is 0 Å². The lowest BCUT2D eigenvalue weighted by Crippen LogP contribution is -2.20. The van der Waals surface area contributed by atoms with Crippen LogP contribution in [0, 0.1) is 0 Å². The normalized spacial score (nSPS) is 33.0. The fraction of sp³-hybridized carbons (Fsp3) is 1.00. The Kier molecular flexibility index (Phi) is 3.48. The SMILES string of the molecule is OCCS[C@@H]1COC[C@H]1O. The Hall–Kier alpha value is 0.230. The second-order valence-corrected chi connectivity index (χ2v) is 3.58. The van der Waals surface area contributed by atoms with E-state index < -0.39 is 0 Å². The van der Waals surface area contributed by atoms with Gasteiger partial charge < -0.3 is 14.9 Å². The van der Waals surface area contributed by atoms with Gasteiger partial charge in [-0.2, -0.15) is 11.8 Å². The van der Waals surface area contributed by atoms with Crippen molar-refractivity contribution in [3.8, 4) is 0 Å². The number of thioether (sulfide) groups is 1. The fourth-order valence-electron chi connectivity index (χ4n) is 0.887. The molecule has 1 saturated heterocycles. The number of ether oxygens (including phenoxy) is 1. The van der Waals surface area contributed by atoms with Crippen molar-refractivity contribution in [2.24, 2.45) is 0 Å². The molecule has 2 atom stereocenters. The molecular formula is C6H12O3S. The predicted octanol–water partition coefficient (Wildman–Crippen LogP) is -0.528. The van der Waals surface area contributed by atoms with E-state index >= 15 is 0 Å². The second-order valence-electron chi connectivity index (χ2n) is 2.24. The van der Waals surface area contributed by atoms with Crippen molar-refractivity contribution in [1.29, 1.82) is 0 Å². The first-order valence-electron chi connectivity index (χ1n) is 3.33. The average molecular weight is 164 g/mol. The molecule has 0 saturated carbocycles. The lowest BCUT2D eigenvalue weighted by atomic mass is 10.3. The third kappa shape index (κ3) is 2.12. The zero-order valence-electron chi connectivity index (χ0n) is 5.69. The lowest BCUT2D eigenvalue weighted by molar-refractivity contribution is 0.127. The number of aliphatic hydroxyl groups is 2. The van der Waals surface area contributed by atoms with Gasteiger partial charge >= 0.3 is 0 Å². The van der Waals surface area contributed by atoms with E-state index in [0.29, 0.717) is 19.0 Å². The molecule has 1 rings (SSSR count). The number of aliphatic hydroxyl groups excluding tert-OH is 2. The van der Waals surface area contributed by atoms with Crippen molar-refractivity contribution in [3.63, 3.8) is 0 Å². The molecule has 0 aromatic carbocycles. The minimum atomic E-state index is -0.337. The Morgan fingerprint density at radius 2 is 2.30 bits per heavy atom. The Labute approximate surface area is 64.4 Å². The first-order chi connectivity index (χ1) is 4.84. The van der Waals surface area contributed by atoms with E-state index in [-0.39, 0.29) is 18.0 Å². The van der Waals surface area contributed by atoms with E-state index in [1.807, 2.05) is 0 Å². The highest BCUT2D eigenvalue weighted by atomic mass is 32.2. The van der Waals surface area contributed by atoms with Gasteiger partial charge in [-0.1, -0.05) is 0 Å². The monoisotopic (exact) mass is 164 g/mol. The van der Waals surface area contributed by atoms with E-state index in [4.69, 9.17) is 9.84 Å². The largest absolute Gasteiger partial charge is 0.396 e. The molecule has 0 aromatic rings. The van der Waals surface area contributed by atoms with Gasteiger partial charge in [0.15, 0.2) is 0 Å². The standard InChI is InChI=1S/C6H12O3S/c7-1-2-10-6-4-9-3-5(6)8/h5-8H,1-4H2/t5-,6-/m1/s1. The molecule has 0 aromatic heterocycles. The van der Waals surface area contributed by atoms with E-state index in [1.54, 1.807) is 11.8 Å². The van der Waals surface area contributed by atoms with Crippen molar-refractivity contribution in [3.05, 3.63) is 0 Å². The van der Waals surface area contributed by atoms with Crippen LogP contribution in [0.4, 0.5) is 0 Å². The molecule has 1 aliphatic rings. The van der Waals surface area contributed by atoms with Gasteiger partial charge in [0.05, 0.1) is 31.2 Å². The van der Waals surface area contributed by atoms with Crippen LogP contribution >= 0.6 is 11.8 Å². The molecule has 3 nitrogen and oxygen atoms in total. The van der Waals surface area contributed by atoms with Gasteiger partial charge in [-0.15, -0.1) is 0 Å². The summed E-state index contributed by atoms with van der Waals surface area (Å²) in [5.74, 6) is 0.686. The lowest BCUT2D eigenvalue weighted by Gasteiger charge is -2.09. The zero-order chi connectivity index (χ0) is 7.40. The predicted molar refractivity (Wildman–Crippen MR) is 40.2 cm³/mol. The smallest absolute Gasteiger partial charge is 0.0914 e. The van der Waals surface area contributed by atoms with Crippen LogP contribution in [0.25, 0.3) is 0 Å². The fourth-order valence-corrected chi connectivity index (χ4v) is 1.79. The third-order valence-corrected chi connectivity index (χ3v) is 2.72. The first-order valence-corrected chi connectivity index (χ1v) is 4.37. The zero-order valence-corrected chi connectivity index (χ0v) is 6.51. The van der Waals surface area contributed by atoms with Crippen molar-refractivity contribution < 1.29 is 14.9 Å². The Morgan fingerprint density at radius 1 is 1.50 bits per heavy atom. The van der Waals surface area contributed by atoms with Crippen LogP contribution in [0.3, 0.4) is 0 Å². The van der Waals surface area contributed by atoms with Crippen LogP contribution in [-0.4, -0.2) is 47.1 Å². The van der Waals surface area contributed by atoms with Gasteiger partial charge in [-0.3, -0.25) is 0 Å². The second kappa shape index (κ2) is 4.18. The first kappa shape index (κ1) is 8.33. The van der Waals surface area contributed by atoms with Crippen molar-refractivity contribution >= 4 is 11.8 Å². The molecule has 60 valence electrons. The average Bonchev–Trinajstić information content (AvgIpc) is 2.31. The molecule has 0 radical (unpaired) electrons. The maximum Gasteiger partial charge on any atom is 0.0914 e. The van der Waals surface area contributed by atoms with E-state index in [0.717, 1.165) is 0 Å². The van der Waals surface area contributed by atoms with Crippen molar-refractivity contribution in [2.45, 2.75) is 11.4 Å². The maximum atomic E-state index is 9.19. The van der Waals surface area contributed by atoms with Gasteiger partial charge in [-0.25, -0.2) is 0 Å². The maximum absolute atomic E-state index is 9.19. The van der Waals surface area contributed by atoms with E-state index in [1.165, 1.54) is 0 Å². The van der Waals surface area contributed by atoms with E-state index in [2.05, 4.69) is 0 Å². The van der Waals surface area contributed by atoms with Gasteiger partial charge in [0.2, 0.25) is 0 Å². The molecular weight excluding hydrogens is 152 g/mol.